The molecular weight excluding hydrogens is 404 g/mol. The fourth-order valence-electron chi connectivity index (χ4n) is 3.60. The Balaban J connectivity index is 1.32. The van der Waals surface area contributed by atoms with E-state index in [0.29, 0.717) is 18.3 Å². The molecule has 2 N–H and O–H groups in total. The number of hydrogen-bond acceptors (Lipinski definition) is 5. The van der Waals surface area contributed by atoms with Crippen LogP contribution < -0.4 is 15.6 Å². The molecule has 1 amide bonds. The van der Waals surface area contributed by atoms with E-state index in [1.165, 1.54) is 19.3 Å². The van der Waals surface area contributed by atoms with Gasteiger partial charge in [-0.3, -0.25) is 9.59 Å². The first-order valence-electron chi connectivity index (χ1n) is 11.1. The van der Waals surface area contributed by atoms with E-state index < -0.39 is 0 Å². The second-order valence-corrected chi connectivity index (χ2v) is 8.35. The molecule has 1 aliphatic rings. The molecule has 0 radical (unpaired) electrons. The quantitative estimate of drug-likeness (QED) is 0.539. The lowest BCUT2D eigenvalue weighted by Gasteiger charge is -2.25. The molecule has 0 atom stereocenters. The van der Waals surface area contributed by atoms with Crippen molar-refractivity contribution in [1.29, 1.82) is 0 Å². The summed E-state index contributed by atoms with van der Waals surface area (Å²) >= 11 is 0. The fourth-order valence-corrected chi connectivity index (χ4v) is 3.60. The number of aryl methyl sites for hydroxylation is 2. The molecule has 0 spiro atoms. The van der Waals surface area contributed by atoms with Crippen molar-refractivity contribution in [1.82, 2.24) is 20.5 Å². The third-order valence-corrected chi connectivity index (χ3v) is 5.74. The minimum Gasteiger partial charge on any atom is -0.493 e. The highest BCUT2D eigenvalue weighted by atomic mass is 16.5. The van der Waals surface area contributed by atoms with E-state index in [4.69, 9.17) is 4.74 Å². The average Bonchev–Trinajstić information content (AvgIpc) is 2.76. The van der Waals surface area contributed by atoms with Crippen LogP contribution in [0.3, 0.4) is 0 Å². The Morgan fingerprint density at radius 2 is 2.00 bits per heavy atom. The van der Waals surface area contributed by atoms with Crippen LogP contribution in [0.2, 0.25) is 0 Å². The van der Waals surface area contributed by atoms with Gasteiger partial charge in [-0.15, -0.1) is 10.2 Å². The lowest BCUT2D eigenvalue weighted by Crippen LogP contribution is -2.25. The molecule has 0 saturated heterocycles. The monoisotopic (exact) mass is 432 g/mol. The predicted molar refractivity (Wildman–Crippen MR) is 122 cm³/mol. The first-order chi connectivity index (χ1) is 15.6. The van der Waals surface area contributed by atoms with Crippen LogP contribution in [0.4, 0.5) is 0 Å². The van der Waals surface area contributed by atoms with E-state index >= 15 is 0 Å². The number of nitrogens with one attached hydrogen (secondary N) is 2. The van der Waals surface area contributed by atoms with Gasteiger partial charge < -0.3 is 15.0 Å². The third-order valence-electron chi connectivity index (χ3n) is 5.74. The van der Waals surface area contributed by atoms with Crippen molar-refractivity contribution in [2.45, 2.75) is 45.6 Å². The second kappa shape index (κ2) is 10.2. The summed E-state index contributed by atoms with van der Waals surface area (Å²) in [4.78, 5) is 27.4. The summed E-state index contributed by atoms with van der Waals surface area (Å²) < 4.78 is 5.87. The van der Waals surface area contributed by atoms with E-state index in [1.807, 2.05) is 55.5 Å². The van der Waals surface area contributed by atoms with Crippen molar-refractivity contribution in [2.75, 3.05) is 6.61 Å². The lowest BCUT2D eigenvalue weighted by molar-refractivity contribution is -0.121. The normalized spacial score (nSPS) is 13.4. The fraction of sp³-hybridized carbons (Fsp3) is 0.360. The van der Waals surface area contributed by atoms with Crippen LogP contribution >= 0.6 is 0 Å². The number of aromatic nitrogens is 3. The highest BCUT2D eigenvalue weighted by molar-refractivity contribution is 5.76. The molecule has 7 nitrogen and oxygen atoms in total. The smallest absolute Gasteiger partial charge is 0.273 e. The Bertz CT molecular complexity index is 1140. The Labute approximate surface area is 187 Å². The molecule has 7 heteroatoms. The maximum absolute atomic E-state index is 12.5. The number of hydrogen-bond donors (Lipinski definition) is 2. The summed E-state index contributed by atoms with van der Waals surface area (Å²) in [5.41, 5.74) is 2.84. The van der Waals surface area contributed by atoms with E-state index in [-0.39, 0.29) is 30.0 Å². The molecule has 1 saturated carbocycles. The van der Waals surface area contributed by atoms with Crippen LogP contribution in [-0.2, 0) is 17.8 Å². The zero-order valence-corrected chi connectivity index (χ0v) is 18.3. The maximum atomic E-state index is 12.5. The molecule has 32 heavy (non-hydrogen) atoms. The van der Waals surface area contributed by atoms with Gasteiger partial charge in [0.2, 0.25) is 5.91 Å². The van der Waals surface area contributed by atoms with Gasteiger partial charge in [0.05, 0.1) is 6.61 Å². The van der Waals surface area contributed by atoms with E-state index in [0.717, 1.165) is 29.0 Å². The molecular formula is C25H28N4O3. The molecule has 3 aromatic rings. The second-order valence-electron chi connectivity index (χ2n) is 8.35. The maximum Gasteiger partial charge on any atom is 0.273 e. The Kier molecular flexibility index (Phi) is 6.94. The number of aromatic amines is 1. The molecule has 1 heterocycles. The first-order valence-corrected chi connectivity index (χ1v) is 11.1. The Morgan fingerprint density at radius 3 is 2.75 bits per heavy atom. The zero-order chi connectivity index (χ0) is 22.3. The van der Waals surface area contributed by atoms with Gasteiger partial charge in [-0.05, 0) is 43.4 Å². The highest BCUT2D eigenvalue weighted by Crippen LogP contribution is 2.28. The number of carbonyl (C=O) groups excluding carboxylic acids is 1. The standard InChI is InChI=1S/C25H28N4O3/c1-17-5-2-8-19(13-17)15-26-23(30)12-11-22-25(31)27-24(29-28-22)20-9-4-10-21(14-20)32-16-18-6-3-7-18/h2,4-5,8-10,13-14,18H,3,6-7,11-12,15-16H2,1H3,(H,26,30)(H,27,29,31). The zero-order valence-electron chi connectivity index (χ0n) is 18.3. The number of nitrogens with zero attached hydrogens (tertiary/aromatic N) is 2. The van der Waals surface area contributed by atoms with Crippen molar-refractivity contribution in [3.63, 3.8) is 0 Å². The number of benzene rings is 2. The molecule has 1 fully saturated rings. The molecule has 0 unspecified atom stereocenters. The van der Waals surface area contributed by atoms with Crippen molar-refractivity contribution in [3.8, 4) is 17.1 Å². The molecule has 0 bridgehead atoms. The van der Waals surface area contributed by atoms with E-state index in [9.17, 15) is 9.59 Å². The van der Waals surface area contributed by atoms with Crippen LogP contribution in [0.15, 0.2) is 53.3 Å². The Morgan fingerprint density at radius 1 is 1.16 bits per heavy atom. The highest BCUT2D eigenvalue weighted by Gasteiger charge is 2.18. The molecule has 166 valence electrons. The molecule has 1 aromatic heterocycles. The number of H-pyrrole nitrogens is 1. The van der Waals surface area contributed by atoms with Gasteiger partial charge in [0, 0.05) is 24.9 Å². The number of ether oxygens (including phenoxy) is 1. The van der Waals surface area contributed by atoms with Gasteiger partial charge in [0.15, 0.2) is 5.82 Å². The summed E-state index contributed by atoms with van der Waals surface area (Å²) in [7, 11) is 0. The van der Waals surface area contributed by atoms with Crippen molar-refractivity contribution < 1.29 is 9.53 Å². The van der Waals surface area contributed by atoms with E-state index in [2.05, 4.69) is 20.5 Å². The third kappa shape index (κ3) is 5.81. The van der Waals surface area contributed by atoms with Crippen molar-refractivity contribution in [3.05, 3.63) is 75.7 Å². The van der Waals surface area contributed by atoms with Gasteiger partial charge in [-0.1, -0.05) is 48.4 Å². The van der Waals surface area contributed by atoms with Crippen molar-refractivity contribution >= 4 is 5.91 Å². The summed E-state index contributed by atoms with van der Waals surface area (Å²) in [5, 5.41) is 11.1. The largest absolute Gasteiger partial charge is 0.493 e. The van der Waals surface area contributed by atoms with Crippen LogP contribution in [0.5, 0.6) is 5.75 Å². The van der Waals surface area contributed by atoms with Gasteiger partial charge in [0.1, 0.15) is 11.4 Å². The van der Waals surface area contributed by atoms with Gasteiger partial charge >= 0.3 is 0 Å². The summed E-state index contributed by atoms with van der Waals surface area (Å²) in [6.45, 7) is 3.19. The number of amides is 1. The van der Waals surface area contributed by atoms with Crippen molar-refractivity contribution in [2.24, 2.45) is 5.92 Å². The summed E-state index contributed by atoms with van der Waals surface area (Å²) in [6.07, 6.45) is 4.14. The number of carbonyl (C=O) groups is 1. The minimum absolute atomic E-state index is 0.131. The predicted octanol–water partition coefficient (Wildman–Crippen LogP) is 3.57. The SMILES string of the molecule is Cc1cccc(CNC(=O)CCc2nnc(-c3cccc(OCC4CCC4)c3)[nH]c2=O)c1. The molecule has 4 rings (SSSR count). The van der Waals surface area contributed by atoms with Gasteiger partial charge in [-0.2, -0.15) is 0 Å². The minimum atomic E-state index is -0.331. The van der Waals surface area contributed by atoms with Gasteiger partial charge in [-0.25, -0.2) is 0 Å². The lowest BCUT2D eigenvalue weighted by atomic mass is 9.86. The van der Waals surface area contributed by atoms with Gasteiger partial charge in [0.25, 0.3) is 5.56 Å². The van der Waals surface area contributed by atoms with Crippen LogP contribution in [0, 0.1) is 12.8 Å². The summed E-state index contributed by atoms with van der Waals surface area (Å²) in [5.74, 6) is 1.66. The Hall–Kier alpha value is -3.48. The topological polar surface area (TPSA) is 97.0 Å². The molecule has 1 aliphatic carbocycles. The van der Waals surface area contributed by atoms with Crippen LogP contribution in [-0.4, -0.2) is 27.7 Å². The van der Waals surface area contributed by atoms with Crippen LogP contribution in [0.25, 0.3) is 11.4 Å². The summed E-state index contributed by atoms with van der Waals surface area (Å²) in [6, 6.07) is 15.5. The number of rotatable bonds is 9. The first kappa shape index (κ1) is 21.7. The molecule has 0 aliphatic heterocycles. The van der Waals surface area contributed by atoms with Crippen LogP contribution in [0.1, 0.15) is 42.5 Å². The average molecular weight is 433 g/mol. The molecule has 2 aromatic carbocycles. The van der Waals surface area contributed by atoms with E-state index in [1.54, 1.807) is 0 Å².